The number of piperazine rings is 1. The van der Waals surface area contributed by atoms with Crippen LogP contribution in [0.4, 0.5) is 11.5 Å². The predicted octanol–water partition coefficient (Wildman–Crippen LogP) is 4.54. The van der Waals surface area contributed by atoms with Crippen molar-refractivity contribution in [2.45, 2.75) is 57.3 Å². The standard InChI is InChI=1S/C31H42N6O2/c1-38-22-30-28-11-10-27(39-2)19-29(28)31(34-33-30)32-24-12-15-35(16-13-24)20-23-6-8-25(9-7-23)37-18-17-36-14-4-3-5-26(36)21-37/h6-11,19,24,26H,3-5,12-18,20-22H2,1-2H3,(H,32,34). The Kier molecular flexibility index (Phi) is 8.13. The number of ether oxygens (including phenoxy) is 2. The van der Waals surface area contributed by atoms with E-state index >= 15 is 0 Å². The maximum atomic E-state index is 5.48. The molecule has 0 saturated carbocycles. The number of rotatable bonds is 8. The summed E-state index contributed by atoms with van der Waals surface area (Å²) in [6, 6.07) is 16.5. The van der Waals surface area contributed by atoms with Gasteiger partial charge in [0.1, 0.15) is 5.75 Å². The Morgan fingerprint density at radius 3 is 2.51 bits per heavy atom. The second-order valence-corrected chi connectivity index (χ2v) is 11.3. The monoisotopic (exact) mass is 530 g/mol. The van der Waals surface area contributed by atoms with Gasteiger partial charge in [0.2, 0.25) is 0 Å². The summed E-state index contributed by atoms with van der Waals surface area (Å²) < 4.78 is 10.8. The van der Waals surface area contributed by atoms with Gasteiger partial charge < -0.3 is 19.7 Å². The highest BCUT2D eigenvalue weighted by Gasteiger charge is 2.29. The van der Waals surface area contributed by atoms with Crippen molar-refractivity contribution < 1.29 is 9.47 Å². The van der Waals surface area contributed by atoms with Crippen LogP contribution in [0.1, 0.15) is 43.4 Å². The second-order valence-electron chi connectivity index (χ2n) is 11.3. The minimum Gasteiger partial charge on any atom is -0.497 e. The highest BCUT2D eigenvalue weighted by molar-refractivity contribution is 5.94. The number of aromatic nitrogens is 2. The normalized spacial score (nSPS) is 21.2. The van der Waals surface area contributed by atoms with Gasteiger partial charge >= 0.3 is 0 Å². The van der Waals surface area contributed by atoms with Crippen molar-refractivity contribution in [1.29, 1.82) is 0 Å². The van der Waals surface area contributed by atoms with Crippen molar-refractivity contribution in [2.75, 3.05) is 63.7 Å². The summed E-state index contributed by atoms with van der Waals surface area (Å²) in [5, 5.41) is 14.8. The molecule has 0 amide bonds. The molecule has 3 saturated heterocycles. The number of likely N-dealkylation sites (tertiary alicyclic amines) is 1. The summed E-state index contributed by atoms with van der Waals surface area (Å²) in [5.41, 5.74) is 3.63. The van der Waals surface area contributed by atoms with Crippen LogP contribution in [0.25, 0.3) is 10.8 Å². The lowest BCUT2D eigenvalue weighted by atomic mass is 9.99. The second kappa shape index (κ2) is 12.1. The van der Waals surface area contributed by atoms with Gasteiger partial charge in [-0.1, -0.05) is 18.6 Å². The SMILES string of the molecule is COCc1nnc(NC2CCN(Cc3ccc(N4CCN5CCCCC5C4)cc3)CC2)c2cc(OC)ccc12. The first-order valence-electron chi connectivity index (χ1n) is 14.6. The van der Waals surface area contributed by atoms with E-state index in [0.29, 0.717) is 12.6 Å². The van der Waals surface area contributed by atoms with Crippen LogP contribution in [0.5, 0.6) is 5.75 Å². The summed E-state index contributed by atoms with van der Waals surface area (Å²) in [4.78, 5) is 7.87. The lowest BCUT2D eigenvalue weighted by molar-refractivity contribution is 0.133. The molecule has 0 bridgehead atoms. The Morgan fingerprint density at radius 1 is 0.872 bits per heavy atom. The molecule has 1 unspecified atom stereocenters. The van der Waals surface area contributed by atoms with Gasteiger partial charge in [0, 0.05) is 74.9 Å². The molecular formula is C31H42N6O2. The number of hydrogen-bond acceptors (Lipinski definition) is 8. The number of benzene rings is 2. The zero-order valence-electron chi connectivity index (χ0n) is 23.4. The van der Waals surface area contributed by atoms with Gasteiger partial charge in [-0.25, -0.2) is 0 Å². The molecule has 3 aliphatic rings. The molecule has 8 heteroatoms. The van der Waals surface area contributed by atoms with Gasteiger partial charge in [0.05, 0.1) is 19.4 Å². The lowest BCUT2D eigenvalue weighted by Crippen LogP contribution is -2.54. The van der Waals surface area contributed by atoms with Crippen molar-refractivity contribution in [3.63, 3.8) is 0 Å². The van der Waals surface area contributed by atoms with E-state index in [9.17, 15) is 0 Å². The van der Waals surface area contributed by atoms with Gasteiger partial charge in [-0.15, -0.1) is 5.10 Å². The summed E-state index contributed by atoms with van der Waals surface area (Å²) in [5.74, 6) is 1.64. The number of hydrogen-bond donors (Lipinski definition) is 1. The molecular weight excluding hydrogens is 488 g/mol. The zero-order valence-corrected chi connectivity index (χ0v) is 23.4. The van der Waals surface area contributed by atoms with Crippen LogP contribution in [-0.2, 0) is 17.9 Å². The van der Waals surface area contributed by atoms with Crippen LogP contribution < -0.4 is 15.0 Å². The molecule has 3 aliphatic heterocycles. The first kappa shape index (κ1) is 26.3. The number of piperidine rings is 2. The number of fused-ring (bicyclic) bond motifs is 2. The molecule has 2 aromatic carbocycles. The van der Waals surface area contributed by atoms with E-state index in [0.717, 1.165) is 73.1 Å². The molecule has 3 aromatic rings. The van der Waals surface area contributed by atoms with Gasteiger partial charge in [0.15, 0.2) is 5.82 Å². The Bertz CT molecular complexity index is 1240. The Hall–Kier alpha value is -2.94. The molecule has 1 atom stereocenters. The number of anilines is 2. The Labute approximate surface area is 232 Å². The van der Waals surface area contributed by atoms with Gasteiger partial charge in [-0.3, -0.25) is 9.80 Å². The van der Waals surface area contributed by atoms with Gasteiger partial charge in [0.25, 0.3) is 0 Å². The van der Waals surface area contributed by atoms with Crippen molar-refractivity contribution in [2.24, 2.45) is 0 Å². The van der Waals surface area contributed by atoms with E-state index in [2.05, 4.69) is 54.5 Å². The molecule has 0 aliphatic carbocycles. The van der Waals surface area contributed by atoms with Crippen LogP contribution >= 0.6 is 0 Å². The smallest absolute Gasteiger partial charge is 0.156 e. The first-order chi connectivity index (χ1) is 19.2. The third-order valence-electron chi connectivity index (χ3n) is 8.82. The minimum absolute atomic E-state index is 0.374. The maximum Gasteiger partial charge on any atom is 0.156 e. The maximum absolute atomic E-state index is 5.48. The summed E-state index contributed by atoms with van der Waals surface area (Å²) in [6.07, 6.45) is 6.28. The fourth-order valence-corrected chi connectivity index (χ4v) is 6.56. The topological polar surface area (TPSA) is 66.0 Å². The zero-order chi connectivity index (χ0) is 26.6. The molecule has 8 nitrogen and oxygen atoms in total. The number of nitrogens with zero attached hydrogens (tertiary/aromatic N) is 5. The van der Waals surface area contributed by atoms with E-state index in [1.807, 2.05) is 18.2 Å². The fraction of sp³-hybridized carbons (Fsp3) is 0.548. The van der Waals surface area contributed by atoms with Crippen LogP contribution in [0, 0.1) is 0 Å². The predicted molar refractivity (Wildman–Crippen MR) is 157 cm³/mol. The van der Waals surface area contributed by atoms with E-state index < -0.39 is 0 Å². The van der Waals surface area contributed by atoms with Crippen LogP contribution in [-0.4, -0.2) is 85.6 Å². The molecule has 0 radical (unpaired) electrons. The quantitative estimate of drug-likeness (QED) is 0.456. The van der Waals surface area contributed by atoms with Crippen LogP contribution in [0.3, 0.4) is 0 Å². The average Bonchev–Trinajstić information content (AvgIpc) is 2.99. The molecule has 1 aromatic heterocycles. The third-order valence-corrected chi connectivity index (χ3v) is 8.82. The Balaban J connectivity index is 1.03. The van der Waals surface area contributed by atoms with Gasteiger partial charge in [-0.2, -0.15) is 5.10 Å². The van der Waals surface area contributed by atoms with Crippen molar-refractivity contribution in [3.05, 3.63) is 53.7 Å². The number of methoxy groups -OCH3 is 2. The number of nitrogens with one attached hydrogen (secondary N) is 1. The van der Waals surface area contributed by atoms with Crippen LogP contribution in [0.2, 0.25) is 0 Å². The van der Waals surface area contributed by atoms with Crippen molar-refractivity contribution >= 4 is 22.3 Å². The summed E-state index contributed by atoms with van der Waals surface area (Å²) in [6.45, 7) is 8.42. The molecule has 0 spiro atoms. The van der Waals surface area contributed by atoms with Crippen molar-refractivity contribution in [1.82, 2.24) is 20.0 Å². The summed E-state index contributed by atoms with van der Waals surface area (Å²) in [7, 11) is 3.38. The first-order valence-corrected chi connectivity index (χ1v) is 14.6. The molecule has 39 heavy (non-hydrogen) atoms. The highest BCUT2D eigenvalue weighted by atomic mass is 16.5. The molecule has 6 rings (SSSR count). The highest BCUT2D eigenvalue weighted by Crippen LogP contribution is 2.30. The Morgan fingerprint density at radius 2 is 1.72 bits per heavy atom. The van der Waals surface area contributed by atoms with Gasteiger partial charge in [-0.05, 0) is 68.1 Å². The van der Waals surface area contributed by atoms with E-state index in [4.69, 9.17) is 9.47 Å². The molecule has 1 N–H and O–H groups in total. The van der Waals surface area contributed by atoms with Crippen molar-refractivity contribution in [3.8, 4) is 5.75 Å². The minimum atomic E-state index is 0.374. The molecule has 208 valence electrons. The summed E-state index contributed by atoms with van der Waals surface area (Å²) >= 11 is 0. The fourth-order valence-electron chi connectivity index (χ4n) is 6.56. The lowest BCUT2D eigenvalue weighted by Gasteiger charge is -2.45. The average molecular weight is 531 g/mol. The van der Waals surface area contributed by atoms with E-state index in [1.54, 1.807) is 14.2 Å². The third kappa shape index (κ3) is 5.98. The van der Waals surface area contributed by atoms with E-state index in [-0.39, 0.29) is 0 Å². The largest absolute Gasteiger partial charge is 0.497 e. The molecule has 4 heterocycles. The van der Waals surface area contributed by atoms with Crippen LogP contribution in [0.15, 0.2) is 42.5 Å². The molecule has 3 fully saturated rings. The van der Waals surface area contributed by atoms with E-state index in [1.165, 1.54) is 50.1 Å².